The number of hydrogen-bond donors (Lipinski definition) is 5. The van der Waals surface area contributed by atoms with E-state index >= 15 is 0 Å². The molecule has 5 amide bonds. The molecule has 3 atom stereocenters. The first-order valence-corrected chi connectivity index (χ1v) is 9.03. The maximum Gasteiger partial charge on any atom is 0.312 e. The van der Waals surface area contributed by atoms with Gasteiger partial charge in [-0.1, -0.05) is 12.1 Å². The van der Waals surface area contributed by atoms with Crippen LogP contribution in [0.4, 0.5) is 4.79 Å². The molecule has 0 saturated carbocycles. The molecule has 0 spiro atoms. The van der Waals surface area contributed by atoms with Gasteiger partial charge in [-0.25, -0.2) is 4.79 Å². The molecule has 10 nitrogen and oxygen atoms in total. The minimum Gasteiger partial charge on any atom is -0.377 e. The van der Waals surface area contributed by atoms with Crippen molar-refractivity contribution >= 4 is 23.8 Å². The van der Waals surface area contributed by atoms with Crippen LogP contribution in [0, 0.1) is 0 Å². The van der Waals surface area contributed by atoms with Gasteiger partial charge in [0, 0.05) is 12.0 Å². The molecule has 3 rings (SSSR count). The summed E-state index contributed by atoms with van der Waals surface area (Å²) in [5.74, 6) is -0.671. The molecule has 6 N–H and O–H groups in total. The molecule has 1 aromatic carbocycles. The Kier molecular flexibility index (Phi) is 6.09. The van der Waals surface area contributed by atoms with Crippen LogP contribution in [0.3, 0.4) is 0 Å². The van der Waals surface area contributed by atoms with Gasteiger partial charge >= 0.3 is 6.03 Å². The SMILES string of the molecule is NC(=O)NCC(=O)N[C@@H]1COC[C@@H]1NC(=O)c1ccc(C2CCC(=O)N2)cc1. The second-order valence-electron chi connectivity index (χ2n) is 6.79. The lowest BCUT2D eigenvalue weighted by Gasteiger charge is -2.20. The highest BCUT2D eigenvalue weighted by atomic mass is 16.5. The first-order valence-electron chi connectivity index (χ1n) is 9.03. The number of ether oxygens (including phenoxy) is 1. The van der Waals surface area contributed by atoms with Gasteiger partial charge in [-0.15, -0.1) is 0 Å². The van der Waals surface area contributed by atoms with Gasteiger partial charge in [0.1, 0.15) is 0 Å². The maximum atomic E-state index is 12.5. The Labute approximate surface area is 161 Å². The van der Waals surface area contributed by atoms with Crippen LogP contribution < -0.4 is 27.0 Å². The van der Waals surface area contributed by atoms with Crippen molar-refractivity contribution < 1.29 is 23.9 Å². The number of nitrogens with two attached hydrogens (primary N) is 1. The number of urea groups is 1. The summed E-state index contributed by atoms with van der Waals surface area (Å²) < 4.78 is 5.35. The molecule has 28 heavy (non-hydrogen) atoms. The molecular weight excluding hydrogens is 366 g/mol. The zero-order valence-corrected chi connectivity index (χ0v) is 15.2. The van der Waals surface area contributed by atoms with E-state index < -0.39 is 18.0 Å². The number of benzene rings is 1. The fraction of sp³-hybridized carbons (Fsp3) is 0.444. The van der Waals surface area contributed by atoms with Crippen molar-refractivity contribution in [3.8, 4) is 0 Å². The van der Waals surface area contributed by atoms with Crippen molar-refractivity contribution in [2.24, 2.45) is 5.73 Å². The largest absolute Gasteiger partial charge is 0.377 e. The number of rotatable bonds is 6. The van der Waals surface area contributed by atoms with E-state index in [1.54, 1.807) is 12.1 Å². The second-order valence-corrected chi connectivity index (χ2v) is 6.79. The summed E-state index contributed by atoms with van der Waals surface area (Å²) >= 11 is 0. The molecule has 150 valence electrons. The van der Waals surface area contributed by atoms with E-state index in [9.17, 15) is 19.2 Å². The van der Waals surface area contributed by atoms with E-state index in [-0.39, 0.29) is 43.7 Å². The van der Waals surface area contributed by atoms with Gasteiger partial charge in [0.05, 0.1) is 37.9 Å². The summed E-state index contributed by atoms with van der Waals surface area (Å²) in [4.78, 5) is 46.3. The lowest BCUT2D eigenvalue weighted by Crippen LogP contribution is -2.53. The number of nitrogens with one attached hydrogen (secondary N) is 4. The summed E-state index contributed by atoms with van der Waals surface area (Å²) in [7, 11) is 0. The summed E-state index contributed by atoms with van der Waals surface area (Å²) in [6.07, 6.45) is 1.26. The minimum absolute atomic E-state index is 0.0125. The van der Waals surface area contributed by atoms with Crippen LogP contribution in [0.2, 0.25) is 0 Å². The topological polar surface area (TPSA) is 152 Å². The average Bonchev–Trinajstić information content (AvgIpc) is 3.29. The Morgan fingerprint density at radius 2 is 1.79 bits per heavy atom. The van der Waals surface area contributed by atoms with Gasteiger partial charge in [0.2, 0.25) is 11.8 Å². The monoisotopic (exact) mass is 389 g/mol. The van der Waals surface area contributed by atoms with Gasteiger partial charge < -0.3 is 31.7 Å². The Morgan fingerprint density at radius 3 is 2.39 bits per heavy atom. The molecule has 1 aromatic rings. The van der Waals surface area contributed by atoms with Crippen LogP contribution in [0.25, 0.3) is 0 Å². The van der Waals surface area contributed by atoms with Crippen LogP contribution >= 0.6 is 0 Å². The van der Waals surface area contributed by atoms with Crippen LogP contribution in [-0.4, -0.2) is 55.6 Å². The van der Waals surface area contributed by atoms with Gasteiger partial charge in [0.25, 0.3) is 5.91 Å². The normalized spacial score (nSPS) is 23.7. The van der Waals surface area contributed by atoms with Crippen molar-refractivity contribution in [1.29, 1.82) is 0 Å². The first-order chi connectivity index (χ1) is 13.4. The number of primary amides is 1. The zero-order chi connectivity index (χ0) is 20.1. The average molecular weight is 389 g/mol. The summed E-state index contributed by atoms with van der Waals surface area (Å²) in [6, 6.07) is 5.46. The molecule has 0 aromatic heterocycles. The molecule has 0 radical (unpaired) electrons. The quantitative estimate of drug-likeness (QED) is 0.419. The number of carbonyl (C=O) groups is 4. The van der Waals surface area contributed by atoms with Gasteiger partial charge in [0.15, 0.2) is 0 Å². The van der Waals surface area contributed by atoms with Crippen LogP contribution in [0.5, 0.6) is 0 Å². The lowest BCUT2D eigenvalue weighted by molar-refractivity contribution is -0.121. The fourth-order valence-corrected chi connectivity index (χ4v) is 3.25. The molecule has 2 heterocycles. The molecule has 2 saturated heterocycles. The smallest absolute Gasteiger partial charge is 0.312 e. The Morgan fingerprint density at radius 1 is 1.11 bits per heavy atom. The highest BCUT2D eigenvalue weighted by Crippen LogP contribution is 2.23. The molecule has 2 aliphatic rings. The molecule has 1 unspecified atom stereocenters. The van der Waals surface area contributed by atoms with Crippen LogP contribution in [0.1, 0.15) is 34.8 Å². The molecule has 0 aliphatic carbocycles. The Balaban J connectivity index is 1.53. The fourth-order valence-electron chi connectivity index (χ4n) is 3.25. The van der Waals surface area contributed by atoms with E-state index in [1.807, 2.05) is 12.1 Å². The van der Waals surface area contributed by atoms with E-state index in [0.29, 0.717) is 12.0 Å². The van der Waals surface area contributed by atoms with Crippen LogP contribution in [0.15, 0.2) is 24.3 Å². The first kappa shape index (κ1) is 19.6. The maximum absolute atomic E-state index is 12.5. The van der Waals surface area contributed by atoms with Crippen molar-refractivity contribution in [2.75, 3.05) is 19.8 Å². The van der Waals surface area contributed by atoms with Crippen molar-refractivity contribution in [2.45, 2.75) is 31.0 Å². The van der Waals surface area contributed by atoms with Crippen molar-refractivity contribution in [1.82, 2.24) is 21.3 Å². The van der Waals surface area contributed by atoms with Gasteiger partial charge in [-0.2, -0.15) is 0 Å². The third-order valence-corrected chi connectivity index (χ3v) is 4.74. The van der Waals surface area contributed by atoms with Crippen molar-refractivity contribution in [3.05, 3.63) is 35.4 Å². The van der Waals surface area contributed by atoms with Gasteiger partial charge in [-0.3, -0.25) is 14.4 Å². The molecular formula is C18H23N5O5. The zero-order valence-electron chi connectivity index (χ0n) is 15.2. The van der Waals surface area contributed by atoms with E-state index in [4.69, 9.17) is 10.5 Å². The second kappa shape index (κ2) is 8.70. The van der Waals surface area contributed by atoms with E-state index in [1.165, 1.54) is 0 Å². The van der Waals surface area contributed by atoms with Crippen LogP contribution in [-0.2, 0) is 14.3 Å². The molecule has 10 heteroatoms. The predicted molar refractivity (Wildman–Crippen MR) is 98.1 cm³/mol. The Hall–Kier alpha value is -3.14. The third-order valence-electron chi connectivity index (χ3n) is 4.74. The number of hydrogen-bond acceptors (Lipinski definition) is 5. The van der Waals surface area contributed by atoms with E-state index in [0.717, 1.165) is 12.0 Å². The number of amides is 5. The molecule has 2 aliphatic heterocycles. The number of carbonyl (C=O) groups excluding carboxylic acids is 4. The molecule has 2 fully saturated rings. The summed E-state index contributed by atoms with van der Waals surface area (Å²) in [6.45, 7) is 0.283. The van der Waals surface area contributed by atoms with Gasteiger partial charge in [-0.05, 0) is 24.1 Å². The lowest BCUT2D eigenvalue weighted by atomic mass is 10.0. The van der Waals surface area contributed by atoms with E-state index in [2.05, 4.69) is 21.3 Å². The predicted octanol–water partition coefficient (Wildman–Crippen LogP) is -1.08. The standard InChI is InChI=1S/C18H23N5O5/c19-18(27)20-7-16(25)22-13-8-28-9-14(13)23-17(26)11-3-1-10(2-4-11)12-5-6-15(24)21-12/h1-4,12-14H,5-9H2,(H,21,24)(H,22,25)(H,23,26)(H3,19,20,27)/t12?,13-,14+/m1/s1. The Bertz CT molecular complexity index is 766. The molecule has 0 bridgehead atoms. The summed E-state index contributed by atoms with van der Waals surface area (Å²) in [5, 5.41) is 10.6. The highest BCUT2D eigenvalue weighted by Gasteiger charge is 2.31. The third kappa shape index (κ3) is 4.97. The summed E-state index contributed by atoms with van der Waals surface area (Å²) in [5.41, 5.74) is 6.36. The van der Waals surface area contributed by atoms with Crippen molar-refractivity contribution in [3.63, 3.8) is 0 Å². The minimum atomic E-state index is -0.789. The highest BCUT2D eigenvalue weighted by molar-refractivity contribution is 5.94.